The van der Waals surface area contributed by atoms with Gasteiger partial charge in [-0.1, -0.05) is 0 Å². The molecule has 0 bridgehead atoms. The summed E-state index contributed by atoms with van der Waals surface area (Å²) in [4.78, 5) is 17.8. The second-order valence-electron chi connectivity index (χ2n) is 0.833. The summed E-state index contributed by atoms with van der Waals surface area (Å²) in [5, 5.41) is 19.1. The zero-order valence-corrected chi connectivity index (χ0v) is 3.64. The highest BCUT2D eigenvalue weighted by atomic mass is 16.6. The van der Waals surface area contributed by atoms with E-state index in [1.807, 2.05) is 0 Å². The van der Waals surface area contributed by atoms with Gasteiger partial charge in [-0.2, -0.15) is 0 Å². The molecule has 0 fully saturated rings. The largest absolute Gasteiger partial charge is 0.449 e. The van der Waals surface area contributed by atoms with Crippen molar-refractivity contribution in [2.75, 3.05) is 0 Å². The SMILES string of the molecule is O=CC(=NO)[N+](=O)[O-]. The van der Waals surface area contributed by atoms with Crippen LogP contribution in [-0.4, -0.2) is 22.3 Å². The van der Waals surface area contributed by atoms with E-state index < -0.39 is 10.8 Å². The number of rotatable bonds is 1. The molecule has 0 unspecified atom stereocenters. The first-order valence-corrected chi connectivity index (χ1v) is 1.54. The van der Waals surface area contributed by atoms with Crippen LogP contribution < -0.4 is 0 Å². The van der Waals surface area contributed by atoms with Crippen molar-refractivity contribution < 1.29 is 14.9 Å². The van der Waals surface area contributed by atoms with Crippen molar-refractivity contribution in [1.29, 1.82) is 0 Å². The van der Waals surface area contributed by atoms with Crippen LogP contribution in [0.15, 0.2) is 5.16 Å². The van der Waals surface area contributed by atoms with E-state index in [1.165, 1.54) is 0 Å². The molecule has 0 aromatic heterocycles. The van der Waals surface area contributed by atoms with E-state index in [0.29, 0.717) is 0 Å². The topological polar surface area (TPSA) is 92.8 Å². The summed E-state index contributed by atoms with van der Waals surface area (Å²) in [5.74, 6) is -1.09. The van der Waals surface area contributed by atoms with Gasteiger partial charge in [-0.05, 0) is 4.92 Å². The molecular weight excluding hydrogens is 116 g/mol. The highest BCUT2D eigenvalue weighted by molar-refractivity contribution is 6.22. The molecule has 44 valence electrons. The lowest BCUT2D eigenvalue weighted by Crippen LogP contribution is -2.12. The molecule has 0 aromatic carbocycles. The number of nitro groups is 1. The first kappa shape index (κ1) is 6.54. The lowest BCUT2D eigenvalue weighted by molar-refractivity contribution is -0.349. The molecule has 6 nitrogen and oxygen atoms in total. The highest BCUT2D eigenvalue weighted by Crippen LogP contribution is 1.70. The molecule has 0 atom stereocenters. The Labute approximate surface area is 43.6 Å². The van der Waals surface area contributed by atoms with Crippen molar-refractivity contribution >= 4 is 12.1 Å². The van der Waals surface area contributed by atoms with Gasteiger partial charge in [0.25, 0.3) is 0 Å². The monoisotopic (exact) mass is 118 g/mol. The lowest BCUT2D eigenvalue weighted by Gasteiger charge is -1.81. The standard InChI is InChI=1S/C2H2N2O4/c5-1-2(3-6)4(7)8/h1,6H. The van der Waals surface area contributed by atoms with E-state index in [0.717, 1.165) is 0 Å². The second kappa shape index (κ2) is 2.67. The molecule has 0 aliphatic heterocycles. The van der Waals surface area contributed by atoms with Crippen LogP contribution in [0.3, 0.4) is 0 Å². The highest BCUT2D eigenvalue weighted by Gasteiger charge is 2.08. The minimum Gasteiger partial charge on any atom is -0.358 e. The summed E-state index contributed by atoms with van der Waals surface area (Å²) >= 11 is 0. The van der Waals surface area contributed by atoms with Gasteiger partial charge in [0, 0.05) is 0 Å². The molecule has 0 heterocycles. The Hall–Kier alpha value is -1.46. The van der Waals surface area contributed by atoms with Gasteiger partial charge in [0.1, 0.15) is 0 Å². The average molecular weight is 118 g/mol. The molecule has 0 rings (SSSR count). The van der Waals surface area contributed by atoms with Crippen LogP contribution in [0, 0.1) is 10.1 Å². The van der Waals surface area contributed by atoms with Crippen LogP contribution in [-0.2, 0) is 4.79 Å². The minimum absolute atomic E-state index is 0.153. The molecular formula is C2H2N2O4. The predicted molar refractivity (Wildman–Crippen MR) is 22.3 cm³/mol. The Morgan fingerprint density at radius 2 is 2.38 bits per heavy atom. The van der Waals surface area contributed by atoms with Crippen LogP contribution in [0.4, 0.5) is 0 Å². The van der Waals surface area contributed by atoms with Crippen molar-refractivity contribution in [3.63, 3.8) is 0 Å². The summed E-state index contributed by atoms with van der Waals surface area (Å²) in [6, 6.07) is 0. The van der Waals surface area contributed by atoms with E-state index in [2.05, 4.69) is 5.16 Å². The van der Waals surface area contributed by atoms with E-state index in [-0.39, 0.29) is 6.29 Å². The molecule has 0 aromatic rings. The molecule has 1 N–H and O–H groups in total. The number of amidine groups is 1. The van der Waals surface area contributed by atoms with Crippen molar-refractivity contribution in [2.45, 2.75) is 0 Å². The van der Waals surface area contributed by atoms with E-state index in [9.17, 15) is 14.9 Å². The van der Waals surface area contributed by atoms with Crippen molar-refractivity contribution in [1.82, 2.24) is 0 Å². The molecule has 0 radical (unpaired) electrons. The van der Waals surface area contributed by atoms with Gasteiger partial charge in [0.15, 0.2) is 5.16 Å². The van der Waals surface area contributed by atoms with Crippen molar-refractivity contribution in [3.8, 4) is 0 Å². The molecule has 0 saturated heterocycles. The molecule has 6 heteroatoms. The number of nitrogens with zero attached hydrogens (tertiary/aromatic N) is 2. The van der Waals surface area contributed by atoms with Gasteiger partial charge < -0.3 is 15.3 Å². The third kappa shape index (κ3) is 1.33. The summed E-state index contributed by atoms with van der Waals surface area (Å²) < 4.78 is 0. The van der Waals surface area contributed by atoms with Crippen LogP contribution in [0.2, 0.25) is 0 Å². The van der Waals surface area contributed by atoms with Gasteiger partial charge in [-0.25, -0.2) is 0 Å². The molecule has 0 amide bonds. The first-order valence-electron chi connectivity index (χ1n) is 1.54. The number of carbonyl (C=O) groups is 1. The van der Waals surface area contributed by atoms with Gasteiger partial charge in [-0.3, -0.25) is 4.79 Å². The molecule has 0 saturated carbocycles. The fourth-order valence-corrected chi connectivity index (χ4v) is 0.103. The summed E-state index contributed by atoms with van der Waals surface area (Å²) in [5.41, 5.74) is 0. The van der Waals surface area contributed by atoms with Crippen LogP contribution in [0.5, 0.6) is 0 Å². The predicted octanol–water partition coefficient (Wildman–Crippen LogP) is -0.750. The first-order chi connectivity index (χ1) is 3.72. The van der Waals surface area contributed by atoms with Crippen LogP contribution in [0.25, 0.3) is 0 Å². The summed E-state index contributed by atoms with van der Waals surface area (Å²) in [7, 11) is 0. The Bertz CT molecular complexity index is 139. The molecule has 8 heavy (non-hydrogen) atoms. The number of carbonyl (C=O) groups excluding carboxylic acids is 1. The van der Waals surface area contributed by atoms with Crippen LogP contribution in [0.1, 0.15) is 0 Å². The zero-order valence-electron chi connectivity index (χ0n) is 3.64. The molecule has 0 aliphatic carbocycles. The Kier molecular flexibility index (Phi) is 2.18. The second-order valence-corrected chi connectivity index (χ2v) is 0.833. The number of hydrogen-bond donors (Lipinski definition) is 1. The quantitative estimate of drug-likeness (QED) is 0.122. The maximum Gasteiger partial charge on any atom is 0.449 e. The lowest BCUT2D eigenvalue weighted by atomic mass is 10.7. The molecule has 0 aliphatic rings. The minimum atomic E-state index is -1.09. The van der Waals surface area contributed by atoms with Crippen molar-refractivity contribution in [2.24, 2.45) is 5.16 Å². The average Bonchev–Trinajstić information content (AvgIpc) is 1.69. The van der Waals surface area contributed by atoms with Gasteiger partial charge in [-0.15, -0.1) is 0 Å². The third-order valence-corrected chi connectivity index (χ3v) is 0.395. The fourth-order valence-electron chi connectivity index (χ4n) is 0.103. The maximum atomic E-state index is 9.45. The Morgan fingerprint density at radius 1 is 1.88 bits per heavy atom. The van der Waals surface area contributed by atoms with E-state index >= 15 is 0 Å². The summed E-state index contributed by atoms with van der Waals surface area (Å²) in [6.45, 7) is 0. The van der Waals surface area contributed by atoms with E-state index in [4.69, 9.17) is 5.21 Å². The number of aldehydes is 1. The normalized spacial score (nSPS) is 10.8. The number of oxime groups is 1. The fraction of sp³-hybridized carbons (Fsp3) is 0. The Morgan fingerprint density at radius 3 is 2.38 bits per heavy atom. The molecule has 0 spiro atoms. The third-order valence-electron chi connectivity index (χ3n) is 0.395. The van der Waals surface area contributed by atoms with Crippen molar-refractivity contribution in [3.05, 3.63) is 10.1 Å². The van der Waals surface area contributed by atoms with Crippen LogP contribution >= 0.6 is 0 Å². The maximum absolute atomic E-state index is 9.45. The number of hydrogen-bond acceptors (Lipinski definition) is 5. The van der Waals surface area contributed by atoms with E-state index in [1.54, 1.807) is 0 Å². The van der Waals surface area contributed by atoms with Gasteiger partial charge in [0.2, 0.25) is 6.29 Å². The zero-order chi connectivity index (χ0) is 6.57. The summed E-state index contributed by atoms with van der Waals surface area (Å²) in [6.07, 6.45) is -0.153. The Balaban J connectivity index is 4.13. The van der Waals surface area contributed by atoms with Gasteiger partial charge >= 0.3 is 5.84 Å². The smallest absolute Gasteiger partial charge is 0.358 e. The van der Waals surface area contributed by atoms with Gasteiger partial charge in [0.05, 0.1) is 0 Å².